The SMILES string of the molecule is Cc1[nH]c2ccccc2c1C(=O)[C@@H](C)Sc1nc2ccccc2c(=O)n1CCCO. The van der Waals surface area contributed by atoms with Crippen LogP contribution in [-0.4, -0.2) is 37.3 Å². The highest BCUT2D eigenvalue weighted by Crippen LogP contribution is 2.29. The van der Waals surface area contributed by atoms with E-state index in [0.717, 1.165) is 16.6 Å². The largest absolute Gasteiger partial charge is 0.396 e. The first kappa shape index (κ1) is 20.4. The Bertz CT molecular complexity index is 1290. The minimum Gasteiger partial charge on any atom is -0.396 e. The zero-order chi connectivity index (χ0) is 21.3. The predicted molar refractivity (Wildman–Crippen MR) is 120 cm³/mol. The van der Waals surface area contributed by atoms with E-state index in [1.165, 1.54) is 11.8 Å². The summed E-state index contributed by atoms with van der Waals surface area (Å²) in [5, 5.41) is 10.7. The van der Waals surface area contributed by atoms with Crippen molar-refractivity contribution in [3.05, 3.63) is 70.1 Å². The summed E-state index contributed by atoms with van der Waals surface area (Å²) in [6.07, 6.45) is 0.442. The number of ketones is 1. The summed E-state index contributed by atoms with van der Waals surface area (Å²) in [6, 6.07) is 14.9. The number of hydrogen-bond acceptors (Lipinski definition) is 5. The van der Waals surface area contributed by atoms with Gasteiger partial charge in [0.1, 0.15) is 0 Å². The lowest BCUT2D eigenvalue weighted by atomic mass is 10.1. The molecule has 0 saturated carbocycles. The molecule has 0 fully saturated rings. The number of thioether (sulfide) groups is 1. The van der Waals surface area contributed by atoms with Gasteiger partial charge >= 0.3 is 0 Å². The number of para-hydroxylation sites is 2. The number of aryl methyl sites for hydroxylation is 1. The van der Waals surface area contributed by atoms with E-state index >= 15 is 0 Å². The molecule has 0 aliphatic rings. The van der Waals surface area contributed by atoms with Crippen molar-refractivity contribution in [3.63, 3.8) is 0 Å². The first-order valence-electron chi connectivity index (χ1n) is 9.90. The highest BCUT2D eigenvalue weighted by Gasteiger charge is 2.24. The van der Waals surface area contributed by atoms with Gasteiger partial charge in [-0.25, -0.2) is 4.98 Å². The minimum atomic E-state index is -0.434. The van der Waals surface area contributed by atoms with Gasteiger partial charge in [-0.05, 0) is 38.5 Å². The number of aliphatic hydroxyl groups excluding tert-OH is 1. The Kier molecular flexibility index (Phi) is 5.74. The molecule has 1 atom stereocenters. The van der Waals surface area contributed by atoms with Crippen molar-refractivity contribution in [2.45, 2.75) is 37.2 Å². The second kappa shape index (κ2) is 8.45. The van der Waals surface area contributed by atoms with Crippen LogP contribution in [0.4, 0.5) is 0 Å². The number of Topliss-reactive ketones (excluding diaryl/α,β-unsaturated/α-hetero) is 1. The molecule has 0 spiro atoms. The number of carbonyl (C=O) groups is 1. The average molecular weight is 422 g/mol. The molecule has 2 aromatic heterocycles. The van der Waals surface area contributed by atoms with Crippen LogP contribution in [-0.2, 0) is 6.54 Å². The maximum absolute atomic E-state index is 13.3. The number of H-pyrrole nitrogens is 1. The Morgan fingerprint density at radius 1 is 1.17 bits per heavy atom. The fourth-order valence-corrected chi connectivity index (χ4v) is 4.67. The first-order valence-corrected chi connectivity index (χ1v) is 10.8. The van der Waals surface area contributed by atoms with Crippen LogP contribution in [0.1, 0.15) is 29.4 Å². The number of rotatable bonds is 7. The monoisotopic (exact) mass is 421 g/mol. The van der Waals surface area contributed by atoms with Crippen molar-refractivity contribution in [2.24, 2.45) is 0 Å². The van der Waals surface area contributed by atoms with Crippen LogP contribution in [0, 0.1) is 6.92 Å². The number of carbonyl (C=O) groups excluding carboxylic acids is 1. The zero-order valence-corrected chi connectivity index (χ0v) is 17.7. The molecule has 2 heterocycles. The summed E-state index contributed by atoms with van der Waals surface area (Å²) in [7, 11) is 0. The van der Waals surface area contributed by atoms with Crippen LogP contribution in [0.3, 0.4) is 0 Å². The summed E-state index contributed by atoms with van der Waals surface area (Å²) in [5.74, 6) is -0.00827. The topological polar surface area (TPSA) is 88.0 Å². The van der Waals surface area contributed by atoms with Gasteiger partial charge in [0, 0.05) is 35.3 Å². The summed E-state index contributed by atoms with van der Waals surface area (Å²) < 4.78 is 1.56. The Labute approximate surface area is 178 Å². The van der Waals surface area contributed by atoms with Gasteiger partial charge < -0.3 is 10.1 Å². The molecule has 2 aromatic carbocycles. The molecule has 0 saturated heterocycles. The second-order valence-corrected chi connectivity index (χ2v) is 8.55. The molecule has 0 bridgehead atoms. The number of fused-ring (bicyclic) bond motifs is 2. The number of benzene rings is 2. The van der Waals surface area contributed by atoms with E-state index in [1.807, 2.05) is 44.2 Å². The van der Waals surface area contributed by atoms with E-state index in [2.05, 4.69) is 9.97 Å². The fourth-order valence-electron chi connectivity index (χ4n) is 3.67. The van der Waals surface area contributed by atoms with Crippen molar-refractivity contribution in [1.82, 2.24) is 14.5 Å². The van der Waals surface area contributed by atoms with Gasteiger partial charge in [0.15, 0.2) is 10.9 Å². The maximum atomic E-state index is 13.3. The summed E-state index contributed by atoms with van der Waals surface area (Å²) in [5.41, 5.74) is 2.89. The standard InChI is InChI=1S/C23H23N3O3S/c1-14-20(16-8-3-5-10-18(16)24-14)21(28)15(2)30-23-25-19-11-6-4-9-17(19)22(29)26(23)12-7-13-27/h3-6,8-11,15,24,27H,7,12-13H2,1-2H3/t15-/m1/s1. The average Bonchev–Trinajstić information content (AvgIpc) is 3.08. The molecule has 6 nitrogen and oxygen atoms in total. The Balaban J connectivity index is 1.73. The minimum absolute atomic E-state index is 0.00827. The molecule has 0 amide bonds. The van der Waals surface area contributed by atoms with Crippen LogP contribution < -0.4 is 5.56 Å². The summed E-state index contributed by atoms with van der Waals surface area (Å²) in [6.45, 7) is 4.07. The van der Waals surface area contributed by atoms with Gasteiger partial charge in [-0.2, -0.15) is 0 Å². The van der Waals surface area contributed by atoms with Crippen molar-refractivity contribution in [3.8, 4) is 0 Å². The van der Waals surface area contributed by atoms with Crippen molar-refractivity contribution < 1.29 is 9.90 Å². The molecule has 154 valence electrons. The highest BCUT2D eigenvalue weighted by atomic mass is 32.2. The molecule has 4 aromatic rings. The lowest BCUT2D eigenvalue weighted by Gasteiger charge is -2.16. The van der Waals surface area contributed by atoms with Crippen LogP contribution in [0.5, 0.6) is 0 Å². The molecular weight excluding hydrogens is 398 g/mol. The highest BCUT2D eigenvalue weighted by molar-refractivity contribution is 8.00. The molecule has 0 aliphatic heterocycles. The molecular formula is C23H23N3O3S. The molecule has 0 unspecified atom stereocenters. The Morgan fingerprint density at radius 2 is 1.87 bits per heavy atom. The van der Waals surface area contributed by atoms with E-state index in [-0.39, 0.29) is 17.9 Å². The first-order chi connectivity index (χ1) is 14.5. The number of hydrogen-bond donors (Lipinski definition) is 2. The summed E-state index contributed by atoms with van der Waals surface area (Å²) >= 11 is 1.28. The molecule has 7 heteroatoms. The van der Waals surface area contributed by atoms with Crippen molar-refractivity contribution >= 4 is 39.4 Å². The van der Waals surface area contributed by atoms with Crippen LogP contribution in [0.25, 0.3) is 21.8 Å². The van der Waals surface area contributed by atoms with Gasteiger partial charge in [-0.1, -0.05) is 42.1 Å². The summed E-state index contributed by atoms with van der Waals surface area (Å²) in [4.78, 5) is 34.3. The van der Waals surface area contributed by atoms with Crippen LogP contribution in [0.15, 0.2) is 58.5 Å². The zero-order valence-electron chi connectivity index (χ0n) is 16.9. The molecule has 30 heavy (non-hydrogen) atoms. The molecule has 4 rings (SSSR count). The number of aromatic amines is 1. The predicted octanol–water partition coefficient (Wildman–Crippen LogP) is 3.93. The lowest BCUT2D eigenvalue weighted by Crippen LogP contribution is -2.25. The van der Waals surface area contributed by atoms with Crippen molar-refractivity contribution in [1.29, 1.82) is 0 Å². The van der Waals surface area contributed by atoms with Crippen LogP contribution in [0.2, 0.25) is 0 Å². The molecule has 2 N–H and O–H groups in total. The number of nitrogens with one attached hydrogen (secondary N) is 1. The van der Waals surface area contributed by atoms with E-state index in [9.17, 15) is 14.7 Å². The second-order valence-electron chi connectivity index (χ2n) is 7.24. The Hall–Kier alpha value is -2.90. The van der Waals surface area contributed by atoms with E-state index in [1.54, 1.807) is 22.8 Å². The normalized spacial score (nSPS) is 12.5. The lowest BCUT2D eigenvalue weighted by molar-refractivity contribution is 0.0995. The number of nitrogens with zero attached hydrogens (tertiary/aromatic N) is 2. The fraction of sp³-hybridized carbons (Fsp3) is 0.261. The third kappa shape index (κ3) is 3.66. The third-order valence-electron chi connectivity index (χ3n) is 5.16. The maximum Gasteiger partial charge on any atom is 0.262 e. The van der Waals surface area contributed by atoms with E-state index < -0.39 is 5.25 Å². The third-order valence-corrected chi connectivity index (χ3v) is 6.25. The van der Waals surface area contributed by atoms with Gasteiger partial charge in [-0.3, -0.25) is 14.2 Å². The molecule has 0 aliphatic carbocycles. The molecule has 0 radical (unpaired) electrons. The Morgan fingerprint density at radius 3 is 2.63 bits per heavy atom. The van der Waals surface area contributed by atoms with Gasteiger partial charge in [0.2, 0.25) is 0 Å². The number of aromatic nitrogens is 3. The quantitative estimate of drug-likeness (QED) is 0.268. The van der Waals surface area contributed by atoms with E-state index in [4.69, 9.17) is 0 Å². The van der Waals surface area contributed by atoms with E-state index in [0.29, 0.717) is 34.6 Å². The number of aliphatic hydroxyl groups is 1. The smallest absolute Gasteiger partial charge is 0.262 e. The van der Waals surface area contributed by atoms with Crippen LogP contribution >= 0.6 is 11.8 Å². The van der Waals surface area contributed by atoms with Gasteiger partial charge in [-0.15, -0.1) is 0 Å². The van der Waals surface area contributed by atoms with Gasteiger partial charge in [0.25, 0.3) is 5.56 Å². The van der Waals surface area contributed by atoms with Crippen molar-refractivity contribution in [2.75, 3.05) is 6.61 Å². The van der Waals surface area contributed by atoms with Gasteiger partial charge in [0.05, 0.1) is 16.2 Å².